The first-order valence-corrected chi connectivity index (χ1v) is 6.25. The third-order valence-electron chi connectivity index (χ3n) is 3.02. The van der Waals surface area contributed by atoms with Crippen molar-refractivity contribution >= 4 is 0 Å². The quantitative estimate of drug-likeness (QED) is 0.555. The first-order valence-electron chi connectivity index (χ1n) is 6.25. The minimum atomic E-state index is 0.111. The van der Waals surface area contributed by atoms with E-state index in [1.807, 2.05) is 7.05 Å². The number of ether oxygens (including phenoxy) is 1. The molecule has 0 aromatic rings. The number of piperazine rings is 1. The van der Waals surface area contributed by atoms with Crippen molar-refractivity contribution in [3.63, 3.8) is 0 Å². The highest BCUT2D eigenvalue weighted by Crippen LogP contribution is 2.02. The summed E-state index contributed by atoms with van der Waals surface area (Å²) in [6.45, 7) is 11.4. The number of nitrogens with zero attached hydrogens (tertiary/aromatic N) is 2. The molecule has 1 heterocycles. The third-order valence-corrected chi connectivity index (χ3v) is 3.02. The van der Waals surface area contributed by atoms with Crippen molar-refractivity contribution in [2.45, 2.75) is 0 Å². The summed E-state index contributed by atoms with van der Waals surface area (Å²) in [7, 11) is 1.91. The van der Waals surface area contributed by atoms with Crippen molar-refractivity contribution in [1.82, 2.24) is 15.1 Å². The van der Waals surface area contributed by atoms with Crippen molar-refractivity contribution < 1.29 is 9.84 Å². The molecule has 0 aromatic carbocycles. The Morgan fingerprint density at radius 2 is 1.88 bits per heavy atom. The summed E-state index contributed by atoms with van der Waals surface area (Å²) in [5.74, 6) is 0. The lowest BCUT2D eigenvalue weighted by Crippen LogP contribution is -2.48. The zero-order valence-corrected chi connectivity index (χ0v) is 10.8. The first-order chi connectivity index (χ1) is 8.26. The van der Waals surface area contributed by atoms with Gasteiger partial charge in [0.25, 0.3) is 0 Å². The molecule has 0 aromatic heterocycles. The summed E-state index contributed by atoms with van der Waals surface area (Å²) < 4.78 is 5.26. The van der Waals surface area contributed by atoms with Gasteiger partial charge in [-0.1, -0.05) is 6.58 Å². The van der Waals surface area contributed by atoms with Crippen molar-refractivity contribution in [2.75, 3.05) is 66.1 Å². The average Bonchev–Trinajstić information content (AvgIpc) is 2.36. The minimum absolute atomic E-state index is 0.111. The summed E-state index contributed by atoms with van der Waals surface area (Å²) in [4.78, 5) is 4.81. The van der Waals surface area contributed by atoms with E-state index in [1.54, 1.807) is 0 Å². The standard InChI is InChI=1S/C12H25N3O2/c1-12(13-2)11-15-5-3-14(4-6-15)7-9-17-10-8-16/h13,16H,1,3-11H2,2H3. The van der Waals surface area contributed by atoms with Gasteiger partial charge < -0.3 is 15.2 Å². The SMILES string of the molecule is C=C(CN1CCN(CCOCCO)CC1)NC. The highest BCUT2D eigenvalue weighted by atomic mass is 16.5. The second kappa shape index (κ2) is 8.47. The number of hydrogen-bond acceptors (Lipinski definition) is 5. The number of rotatable bonds is 8. The molecule has 0 radical (unpaired) electrons. The van der Waals surface area contributed by atoms with Gasteiger partial charge in [0.2, 0.25) is 0 Å². The lowest BCUT2D eigenvalue weighted by atomic mass is 10.3. The Bertz CT molecular complexity index is 216. The average molecular weight is 243 g/mol. The number of aliphatic hydroxyl groups is 1. The molecule has 5 heteroatoms. The van der Waals surface area contributed by atoms with Gasteiger partial charge in [-0.25, -0.2) is 0 Å². The van der Waals surface area contributed by atoms with E-state index >= 15 is 0 Å². The van der Waals surface area contributed by atoms with Gasteiger partial charge in [0.1, 0.15) is 0 Å². The fourth-order valence-electron chi connectivity index (χ4n) is 1.88. The largest absolute Gasteiger partial charge is 0.394 e. The molecule has 0 atom stereocenters. The molecule has 1 fully saturated rings. The van der Waals surface area contributed by atoms with Gasteiger partial charge in [-0.3, -0.25) is 9.80 Å². The summed E-state index contributed by atoms with van der Waals surface area (Å²) >= 11 is 0. The lowest BCUT2D eigenvalue weighted by Gasteiger charge is -2.34. The Balaban J connectivity index is 2.07. The van der Waals surface area contributed by atoms with Gasteiger partial charge in [-0.2, -0.15) is 0 Å². The normalized spacial score (nSPS) is 18.2. The van der Waals surface area contributed by atoms with Gasteiger partial charge in [-0.05, 0) is 0 Å². The maximum Gasteiger partial charge on any atom is 0.0698 e. The van der Waals surface area contributed by atoms with Gasteiger partial charge in [0, 0.05) is 52.0 Å². The Kier molecular flexibility index (Phi) is 7.19. The van der Waals surface area contributed by atoms with Crippen molar-refractivity contribution in [3.05, 3.63) is 12.3 Å². The zero-order valence-electron chi connectivity index (χ0n) is 10.8. The molecule has 1 aliphatic rings. The summed E-state index contributed by atoms with van der Waals surface area (Å²) in [5, 5.41) is 11.7. The van der Waals surface area contributed by atoms with E-state index in [4.69, 9.17) is 9.84 Å². The van der Waals surface area contributed by atoms with E-state index in [1.165, 1.54) is 0 Å². The number of aliphatic hydroxyl groups excluding tert-OH is 1. The third kappa shape index (κ3) is 6.02. The van der Waals surface area contributed by atoms with Crippen LogP contribution in [0.5, 0.6) is 0 Å². The Hall–Kier alpha value is -0.620. The van der Waals surface area contributed by atoms with E-state index in [0.717, 1.165) is 45.0 Å². The zero-order chi connectivity index (χ0) is 12.5. The van der Waals surface area contributed by atoms with E-state index in [0.29, 0.717) is 13.2 Å². The second-order valence-electron chi connectivity index (χ2n) is 4.31. The maximum atomic E-state index is 8.59. The van der Waals surface area contributed by atoms with Crippen LogP contribution >= 0.6 is 0 Å². The smallest absolute Gasteiger partial charge is 0.0698 e. The van der Waals surface area contributed by atoms with Crippen LogP contribution in [0, 0.1) is 0 Å². The number of nitrogens with one attached hydrogen (secondary N) is 1. The molecule has 1 aliphatic heterocycles. The summed E-state index contributed by atoms with van der Waals surface area (Å²) in [6.07, 6.45) is 0. The molecule has 0 unspecified atom stereocenters. The molecule has 1 saturated heterocycles. The van der Waals surface area contributed by atoms with Crippen LogP contribution in [-0.4, -0.2) is 81.0 Å². The molecule has 17 heavy (non-hydrogen) atoms. The number of likely N-dealkylation sites (N-methyl/N-ethyl adjacent to an activating group) is 1. The van der Waals surface area contributed by atoms with Crippen molar-refractivity contribution in [1.29, 1.82) is 0 Å². The van der Waals surface area contributed by atoms with Crippen LogP contribution in [0.25, 0.3) is 0 Å². The van der Waals surface area contributed by atoms with Crippen LogP contribution in [0.1, 0.15) is 0 Å². The number of hydrogen-bond donors (Lipinski definition) is 2. The summed E-state index contributed by atoms with van der Waals surface area (Å²) in [5.41, 5.74) is 1.07. The fraction of sp³-hybridized carbons (Fsp3) is 0.833. The van der Waals surface area contributed by atoms with Crippen LogP contribution in [0.3, 0.4) is 0 Å². The molecule has 0 bridgehead atoms. The van der Waals surface area contributed by atoms with E-state index < -0.39 is 0 Å². The second-order valence-corrected chi connectivity index (χ2v) is 4.31. The monoisotopic (exact) mass is 243 g/mol. The molecule has 100 valence electrons. The molecule has 0 aliphatic carbocycles. The topological polar surface area (TPSA) is 48.0 Å². The summed E-state index contributed by atoms with van der Waals surface area (Å²) in [6, 6.07) is 0. The molecule has 2 N–H and O–H groups in total. The van der Waals surface area contributed by atoms with Crippen molar-refractivity contribution in [2.24, 2.45) is 0 Å². The van der Waals surface area contributed by atoms with Crippen LogP contribution < -0.4 is 5.32 Å². The van der Waals surface area contributed by atoms with E-state index in [2.05, 4.69) is 21.7 Å². The van der Waals surface area contributed by atoms with Crippen LogP contribution in [-0.2, 0) is 4.74 Å². The van der Waals surface area contributed by atoms with Gasteiger partial charge >= 0.3 is 0 Å². The highest BCUT2D eigenvalue weighted by molar-refractivity contribution is 4.94. The van der Waals surface area contributed by atoms with E-state index in [-0.39, 0.29) is 6.61 Å². The van der Waals surface area contributed by atoms with Crippen LogP contribution in [0.2, 0.25) is 0 Å². The minimum Gasteiger partial charge on any atom is -0.394 e. The van der Waals surface area contributed by atoms with Crippen LogP contribution in [0.15, 0.2) is 12.3 Å². The Morgan fingerprint density at radius 1 is 1.24 bits per heavy atom. The van der Waals surface area contributed by atoms with Gasteiger partial charge in [0.05, 0.1) is 19.8 Å². The molecular weight excluding hydrogens is 218 g/mol. The molecule has 0 spiro atoms. The van der Waals surface area contributed by atoms with E-state index in [9.17, 15) is 0 Å². The molecule has 1 rings (SSSR count). The van der Waals surface area contributed by atoms with Gasteiger partial charge in [0.15, 0.2) is 0 Å². The predicted octanol–water partition coefficient (Wildman–Crippen LogP) is -0.654. The molecular formula is C12H25N3O2. The first kappa shape index (κ1) is 14.4. The molecule has 5 nitrogen and oxygen atoms in total. The Labute approximate surface area is 104 Å². The predicted molar refractivity (Wildman–Crippen MR) is 69.0 cm³/mol. The highest BCUT2D eigenvalue weighted by Gasteiger charge is 2.16. The molecule has 0 amide bonds. The fourth-order valence-corrected chi connectivity index (χ4v) is 1.88. The Morgan fingerprint density at radius 3 is 2.47 bits per heavy atom. The van der Waals surface area contributed by atoms with Crippen LogP contribution in [0.4, 0.5) is 0 Å². The van der Waals surface area contributed by atoms with Crippen molar-refractivity contribution in [3.8, 4) is 0 Å². The lowest BCUT2D eigenvalue weighted by molar-refractivity contribution is 0.0589. The maximum absolute atomic E-state index is 8.59. The van der Waals surface area contributed by atoms with Gasteiger partial charge in [-0.15, -0.1) is 0 Å². The molecule has 0 saturated carbocycles.